The van der Waals surface area contributed by atoms with Gasteiger partial charge in [-0.25, -0.2) is 9.59 Å². The van der Waals surface area contributed by atoms with E-state index in [1.807, 2.05) is 34.6 Å². The lowest BCUT2D eigenvalue weighted by atomic mass is 9.94. The van der Waals surface area contributed by atoms with Crippen LogP contribution in [0.25, 0.3) is 0 Å². The number of hydrogen-bond acceptors (Lipinski definition) is 11. The molecule has 0 aromatic rings. The van der Waals surface area contributed by atoms with E-state index in [1.165, 1.54) is 77.8 Å². The average molecular weight is 884 g/mol. The molecule has 18 nitrogen and oxygen atoms in total. The van der Waals surface area contributed by atoms with Crippen LogP contribution in [0.3, 0.4) is 0 Å². The molecule has 0 bridgehead atoms. The molecule has 0 saturated carbocycles. The van der Waals surface area contributed by atoms with Gasteiger partial charge >= 0.3 is 12.1 Å². The van der Waals surface area contributed by atoms with E-state index in [0.717, 1.165) is 9.80 Å². The van der Waals surface area contributed by atoms with Crippen LogP contribution >= 0.6 is 0 Å². The highest BCUT2D eigenvalue weighted by atomic mass is 16.6. The molecule has 0 unspecified atom stereocenters. The number of hydrogen-bond donors (Lipinski definition) is 3. The second-order valence-electron chi connectivity index (χ2n) is 18.8. The minimum atomic E-state index is -1.56. The number of rotatable bonds is 22. The van der Waals surface area contributed by atoms with Gasteiger partial charge in [-0.3, -0.25) is 33.7 Å². The molecule has 0 aromatic carbocycles. The van der Waals surface area contributed by atoms with Crippen LogP contribution < -0.4 is 10.6 Å². The first-order chi connectivity index (χ1) is 28.3. The Labute approximate surface area is 371 Å². The first-order valence-corrected chi connectivity index (χ1v) is 21.7. The average Bonchev–Trinajstić information content (AvgIpc) is 3.20. The number of carbonyl (C=O) groups is 8. The summed E-state index contributed by atoms with van der Waals surface area (Å²) in [5.41, 5.74) is -0.803. The van der Waals surface area contributed by atoms with Crippen LogP contribution in [0.1, 0.15) is 116 Å². The summed E-state index contributed by atoms with van der Waals surface area (Å²) in [7, 11) is 8.43. The van der Waals surface area contributed by atoms with Crippen molar-refractivity contribution in [2.75, 3.05) is 42.3 Å². The monoisotopic (exact) mass is 884 g/mol. The Hall–Kier alpha value is -4.48. The second kappa shape index (κ2) is 25.0. The quantitative estimate of drug-likeness (QED) is 0.135. The Kier molecular flexibility index (Phi) is 23.2. The summed E-state index contributed by atoms with van der Waals surface area (Å²) in [6.07, 6.45) is -1.11. The number of esters is 1. The van der Waals surface area contributed by atoms with Crippen molar-refractivity contribution in [2.24, 2.45) is 23.7 Å². The summed E-state index contributed by atoms with van der Waals surface area (Å²) >= 11 is 0. The van der Waals surface area contributed by atoms with Crippen molar-refractivity contribution < 1.29 is 52.9 Å². The fraction of sp³-hybridized carbons (Fsp3) is 0.818. The molecule has 0 rings (SSSR count). The molecule has 9 atom stereocenters. The van der Waals surface area contributed by atoms with Crippen LogP contribution in [-0.4, -0.2) is 173 Å². The maximum atomic E-state index is 14.3. The number of methoxy groups -OCH3 is 1. The van der Waals surface area contributed by atoms with E-state index in [0.29, 0.717) is 12.8 Å². The van der Waals surface area contributed by atoms with Crippen molar-refractivity contribution in [3.63, 3.8) is 0 Å². The van der Waals surface area contributed by atoms with Gasteiger partial charge in [0.2, 0.25) is 35.4 Å². The Morgan fingerprint density at radius 2 is 0.984 bits per heavy atom. The standard InChI is InChI=1S/C44H81N7O11/c1-21-27(8)33(41(58)48(16)29(10)39(56)50(18)31(22-24(2)3)40(57)51(19)32(23-25(4)5)42(59)61-20)45-37(54)34(35(52)26(6)7)46-36(53)28(9)47(15)38(55)30(11)49(17)43(60)62-44(12,13)14/h24-35,52H,21-23H2,1-20H3,(H,45,54)(H,46,53)/t27-,28+,29-,30-,31-,32-,33+,34+,35+/m0/s1. The number of nitrogens with one attached hydrogen (secondary N) is 2. The highest BCUT2D eigenvalue weighted by Crippen LogP contribution is 2.21. The molecular weight excluding hydrogens is 803 g/mol. The Balaban J connectivity index is 6.50. The third-order valence-electron chi connectivity index (χ3n) is 11.4. The summed E-state index contributed by atoms with van der Waals surface area (Å²) in [5.74, 6) is -5.42. The molecule has 0 aliphatic heterocycles. The lowest BCUT2D eigenvalue weighted by Crippen LogP contribution is -2.63. The van der Waals surface area contributed by atoms with Crippen LogP contribution in [0.4, 0.5) is 4.79 Å². The summed E-state index contributed by atoms with van der Waals surface area (Å²) in [6.45, 7) is 24.0. The van der Waals surface area contributed by atoms with Crippen LogP contribution in [0.15, 0.2) is 0 Å². The van der Waals surface area contributed by atoms with E-state index in [9.17, 15) is 43.5 Å². The minimum Gasteiger partial charge on any atom is -0.467 e. The topological polar surface area (TPSA) is 216 Å². The second-order valence-corrected chi connectivity index (χ2v) is 18.8. The SMILES string of the molecule is CC[C@H](C)[C@@H](NC(=O)[C@H](NC(=O)[C@@H](C)N(C)C(=O)[C@H](C)N(C)C(=O)OC(C)(C)C)[C@H](O)C(C)C)C(=O)N(C)[C@@H](C)C(=O)N(C)[C@@H](CC(C)C)C(=O)N(C)[C@@H](CC(C)C)C(=O)OC. The minimum absolute atomic E-state index is 0.0260. The molecule has 3 N–H and O–H groups in total. The third kappa shape index (κ3) is 16.3. The number of likely N-dealkylation sites (N-methyl/N-ethyl adjacent to an activating group) is 5. The zero-order valence-corrected chi connectivity index (χ0v) is 41.3. The van der Waals surface area contributed by atoms with Gasteiger partial charge in [-0.2, -0.15) is 0 Å². The summed E-state index contributed by atoms with van der Waals surface area (Å²) in [5, 5.41) is 16.5. The van der Waals surface area contributed by atoms with E-state index in [-0.39, 0.29) is 18.3 Å². The maximum absolute atomic E-state index is 14.3. The maximum Gasteiger partial charge on any atom is 0.410 e. The number of aliphatic hydroxyl groups excluding tert-OH is 1. The highest BCUT2D eigenvalue weighted by molar-refractivity contribution is 5.97. The van der Waals surface area contributed by atoms with Crippen LogP contribution in [0.5, 0.6) is 0 Å². The van der Waals surface area contributed by atoms with Gasteiger partial charge in [0, 0.05) is 35.2 Å². The molecular formula is C44H81N7O11. The molecule has 62 heavy (non-hydrogen) atoms. The number of aliphatic hydroxyl groups is 1. The Bertz CT molecular complexity index is 1550. The Morgan fingerprint density at radius 3 is 1.42 bits per heavy atom. The molecule has 0 heterocycles. The van der Waals surface area contributed by atoms with E-state index in [1.54, 1.807) is 41.5 Å². The van der Waals surface area contributed by atoms with E-state index < -0.39 is 113 Å². The molecule has 0 fully saturated rings. The Morgan fingerprint density at radius 1 is 0.565 bits per heavy atom. The van der Waals surface area contributed by atoms with E-state index >= 15 is 0 Å². The third-order valence-corrected chi connectivity index (χ3v) is 11.4. The molecule has 0 aliphatic rings. The van der Waals surface area contributed by atoms with Crippen molar-refractivity contribution in [1.29, 1.82) is 0 Å². The molecule has 0 spiro atoms. The molecule has 7 amide bonds. The number of amides is 7. The fourth-order valence-electron chi connectivity index (χ4n) is 6.49. The molecule has 0 saturated heterocycles. The first-order valence-electron chi connectivity index (χ1n) is 21.7. The van der Waals surface area contributed by atoms with E-state index in [2.05, 4.69) is 10.6 Å². The van der Waals surface area contributed by atoms with Gasteiger partial charge in [-0.05, 0) is 78.1 Å². The smallest absolute Gasteiger partial charge is 0.410 e. The lowest BCUT2D eigenvalue weighted by molar-refractivity contribution is -0.157. The van der Waals surface area contributed by atoms with Crippen LogP contribution in [0.2, 0.25) is 0 Å². The van der Waals surface area contributed by atoms with Gasteiger partial charge in [0.15, 0.2) is 0 Å². The normalized spacial score (nSPS) is 16.1. The van der Waals surface area contributed by atoms with Crippen molar-refractivity contribution in [3.05, 3.63) is 0 Å². The molecule has 0 aliphatic carbocycles. The van der Waals surface area contributed by atoms with E-state index in [4.69, 9.17) is 9.47 Å². The molecule has 0 aromatic heterocycles. The van der Waals surface area contributed by atoms with Gasteiger partial charge in [0.1, 0.15) is 47.9 Å². The fourth-order valence-corrected chi connectivity index (χ4v) is 6.49. The van der Waals surface area contributed by atoms with Gasteiger partial charge in [-0.1, -0.05) is 61.8 Å². The van der Waals surface area contributed by atoms with Gasteiger partial charge in [-0.15, -0.1) is 0 Å². The van der Waals surface area contributed by atoms with Crippen molar-refractivity contribution >= 4 is 47.5 Å². The number of nitrogens with zero attached hydrogens (tertiary/aromatic N) is 5. The summed E-state index contributed by atoms with van der Waals surface area (Å²) in [6, 6.07) is -7.91. The predicted octanol–water partition coefficient (Wildman–Crippen LogP) is 2.89. The van der Waals surface area contributed by atoms with Crippen molar-refractivity contribution in [2.45, 2.75) is 170 Å². The van der Waals surface area contributed by atoms with Gasteiger partial charge in [0.05, 0.1) is 13.2 Å². The summed E-state index contributed by atoms with van der Waals surface area (Å²) < 4.78 is 10.4. The molecule has 358 valence electrons. The molecule has 18 heteroatoms. The lowest BCUT2D eigenvalue weighted by Gasteiger charge is -2.38. The summed E-state index contributed by atoms with van der Waals surface area (Å²) in [4.78, 5) is 115. The first kappa shape index (κ1) is 57.5. The van der Waals surface area contributed by atoms with Crippen molar-refractivity contribution in [1.82, 2.24) is 35.1 Å². The van der Waals surface area contributed by atoms with Gasteiger partial charge in [0.25, 0.3) is 0 Å². The van der Waals surface area contributed by atoms with Crippen molar-refractivity contribution in [3.8, 4) is 0 Å². The largest absolute Gasteiger partial charge is 0.467 e. The number of carbonyl (C=O) groups excluding carboxylic acids is 8. The highest BCUT2D eigenvalue weighted by Gasteiger charge is 2.41. The van der Waals surface area contributed by atoms with Gasteiger partial charge < -0.3 is 44.8 Å². The number of ether oxygens (including phenoxy) is 2. The molecule has 0 radical (unpaired) electrons. The zero-order valence-electron chi connectivity index (χ0n) is 41.3. The zero-order chi connectivity index (χ0) is 48.9. The van der Waals surface area contributed by atoms with Crippen LogP contribution in [-0.2, 0) is 43.0 Å². The van der Waals surface area contributed by atoms with Crippen LogP contribution in [0, 0.1) is 23.7 Å². The predicted molar refractivity (Wildman–Crippen MR) is 236 cm³/mol.